The van der Waals surface area contributed by atoms with Crippen LogP contribution >= 0.6 is 0 Å². The number of nitro benzene ring substituents is 1. The van der Waals surface area contributed by atoms with Crippen LogP contribution in [-0.4, -0.2) is 32.0 Å². The number of halogens is 3. The number of aryl methyl sites for hydroxylation is 1. The van der Waals surface area contributed by atoms with Gasteiger partial charge in [-0.05, 0) is 36.8 Å². The summed E-state index contributed by atoms with van der Waals surface area (Å²) >= 11 is 0. The van der Waals surface area contributed by atoms with Crippen LogP contribution < -0.4 is 9.62 Å². The number of hydrogen-bond donors (Lipinski definition) is 1. The van der Waals surface area contributed by atoms with Gasteiger partial charge in [0.25, 0.3) is 5.69 Å². The lowest BCUT2D eigenvalue weighted by Gasteiger charge is -2.23. The molecular formula is C17H16F3N3O5S. The summed E-state index contributed by atoms with van der Waals surface area (Å²) in [6.07, 6.45) is -3.70. The third-order valence-electron chi connectivity index (χ3n) is 3.86. The Balaban J connectivity index is 2.27. The molecule has 0 fully saturated rings. The number of nitro groups is 1. The minimum absolute atomic E-state index is 0.0345. The summed E-state index contributed by atoms with van der Waals surface area (Å²) in [6.45, 7) is 0.798. The molecule has 0 unspecified atom stereocenters. The minimum Gasteiger partial charge on any atom is -0.325 e. The van der Waals surface area contributed by atoms with E-state index >= 15 is 0 Å². The second-order valence-electron chi connectivity index (χ2n) is 6.12. The number of benzene rings is 2. The van der Waals surface area contributed by atoms with Crippen molar-refractivity contribution in [2.75, 3.05) is 22.4 Å². The van der Waals surface area contributed by atoms with Crippen molar-refractivity contribution in [2.45, 2.75) is 13.1 Å². The van der Waals surface area contributed by atoms with Crippen LogP contribution in [0.4, 0.5) is 30.2 Å². The molecule has 1 amide bonds. The predicted octanol–water partition coefficient (Wildman–Crippen LogP) is 3.33. The number of amides is 1. The molecule has 12 heteroatoms. The summed E-state index contributed by atoms with van der Waals surface area (Å²) in [5, 5.41) is 13.3. The Bertz CT molecular complexity index is 1040. The van der Waals surface area contributed by atoms with Crippen molar-refractivity contribution in [3.8, 4) is 0 Å². The Kier molecular flexibility index (Phi) is 6.16. The summed E-state index contributed by atoms with van der Waals surface area (Å²) in [5.41, 5.74) is -0.900. The van der Waals surface area contributed by atoms with Gasteiger partial charge in [-0.25, -0.2) is 8.42 Å². The lowest BCUT2D eigenvalue weighted by molar-refractivity contribution is -0.384. The third kappa shape index (κ3) is 5.67. The van der Waals surface area contributed by atoms with Crippen LogP contribution in [0.25, 0.3) is 0 Å². The van der Waals surface area contributed by atoms with Gasteiger partial charge < -0.3 is 5.32 Å². The number of carbonyl (C=O) groups is 1. The first-order valence-electron chi connectivity index (χ1n) is 7.99. The van der Waals surface area contributed by atoms with Crippen molar-refractivity contribution in [2.24, 2.45) is 0 Å². The molecule has 0 spiro atoms. The first kappa shape index (κ1) is 22.1. The maximum Gasteiger partial charge on any atom is 0.416 e. The van der Waals surface area contributed by atoms with E-state index in [-0.39, 0.29) is 17.1 Å². The van der Waals surface area contributed by atoms with Gasteiger partial charge in [0.2, 0.25) is 15.9 Å². The second kappa shape index (κ2) is 8.07. The van der Waals surface area contributed by atoms with E-state index in [4.69, 9.17) is 0 Å². The lowest BCUT2D eigenvalue weighted by atomic mass is 10.2. The number of anilines is 2. The average Bonchev–Trinajstić information content (AvgIpc) is 2.59. The van der Waals surface area contributed by atoms with Gasteiger partial charge in [0.1, 0.15) is 6.54 Å². The van der Waals surface area contributed by atoms with Gasteiger partial charge in [-0.3, -0.25) is 19.2 Å². The fourth-order valence-corrected chi connectivity index (χ4v) is 3.34. The highest BCUT2D eigenvalue weighted by Crippen LogP contribution is 2.30. The van der Waals surface area contributed by atoms with E-state index in [9.17, 15) is 36.5 Å². The second-order valence-corrected chi connectivity index (χ2v) is 8.03. The maximum atomic E-state index is 12.6. The summed E-state index contributed by atoms with van der Waals surface area (Å²) in [5.74, 6) is -0.832. The predicted molar refractivity (Wildman–Crippen MR) is 100 cm³/mol. The van der Waals surface area contributed by atoms with E-state index in [1.807, 2.05) is 0 Å². The number of nitrogens with one attached hydrogen (secondary N) is 1. The molecule has 0 heterocycles. The number of carbonyl (C=O) groups excluding carboxylic acids is 1. The van der Waals surface area contributed by atoms with E-state index < -0.39 is 39.1 Å². The molecule has 0 radical (unpaired) electrons. The highest BCUT2D eigenvalue weighted by molar-refractivity contribution is 7.92. The Morgan fingerprint density at radius 2 is 1.76 bits per heavy atom. The zero-order valence-corrected chi connectivity index (χ0v) is 16.0. The number of non-ortho nitro benzene ring substituents is 1. The van der Waals surface area contributed by atoms with E-state index in [2.05, 4.69) is 5.32 Å². The number of sulfonamides is 1. The number of alkyl halides is 3. The topological polar surface area (TPSA) is 110 Å². The molecule has 29 heavy (non-hydrogen) atoms. The fraction of sp³-hybridized carbons (Fsp3) is 0.235. The molecule has 0 saturated heterocycles. The molecule has 8 nitrogen and oxygen atoms in total. The van der Waals surface area contributed by atoms with Crippen molar-refractivity contribution < 1.29 is 31.3 Å². The van der Waals surface area contributed by atoms with E-state index in [1.165, 1.54) is 19.1 Å². The van der Waals surface area contributed by atoms with Crippen molar-refractivity contribution in [1.82, 2.24) is 0 Å². The Morgan fingerprint density at radius 3 is 2.24 bits per heavy atom. The number of nitrogens with zero attached hydrogens (tertiary/aromatic N) is 2. The van der Waals surface area contributed by atoms with Crippen molar-refractivity contribution >= 4 is 33.0 Å². The molecule has 0 aliphatic rings. The SMILES string of the molecule is Cc1ccc([N+](=O)[O-])cc1N(CC(=O)Nc1ccc(C(F)(F)F)cc1)S(C)(=O)=O. The van der Waals surface area contributed by atoms with Gasteiger partial charge in [0.15, 0.2) is 0 Å². The van der Waals surface area contributed by atoms with Gasteiger partial charge in [-0.2, -0.15) is 13.2 Å². The minimum atomic E-state index is -4.53. The summed E-state index contributed by atoms with van der Waals surface area (Å²) in [7, 11) is -4.00. The van der Waals surface area contributed by atoms with Crippen LogP contribution in [0.2, 0.25) is 0 Å². The molecule has 2 aromatic carbocycles. The van der Waals surface area contributed by atoms with Gasteiger partial charge in [0.05, 0.1) is 22.4 Å². The zero-order valence-electron chi connectivity index (χ0n) is 15.2. The molecule has 2 rings (SSSR count). The Hall–Kier alpha value is -3.15. The van der Waals surface area contributed by atoms with Gasteiger partial charge in [0, 0.05) is 17.8 Å². The molecule has 0 aromatic heterocycles. The smallest absolute Gasteiger partial charge is 0.325 e. The molecule has 1 N–H and O–H groups in total. The van der Waals surface area contributed by atoms with E-state index in [1.54, 1.807) is 0 Å². The highest BCUT2D eigenvalue weighted by Gasteiger charge is 2.30. The summed E-state index contributed by atoms with van der Waals surface area (Å²) in [4.78, 5) is 22.6. The van der Waals surface area contributed by atoms with E-state index in [0.717, 1.165) is 36.6 Å². The normalized spacial score (nSPS) is 11.8. The third-order valence-corrected chi connectivity index (χ3v) is 4.98. The van der Waals surface area contributed by atoms with Crippen molar-refractivity contribution in [3.05, 3.63) is 63.7 Å². The highest BCUT2D eigenvalue weighted by atomic mass is 32.2. The van der Waals surface area contributed by atoms with Gasteiger partial charge in [-0.15, -0.1) is 0 Å². The monoisotopic (exact) mass is 431 g/mol. The molecule has 0 aliphatic carbocycles. The standard InChI is InChI=1S/C17H16F3N3O5S/c1-11-3-8-14(23(25)26)9-15(11)22(29(2,27)28)10-16(24)21-13-6-4-12(5-7-13)17(18,19)20/h3-9H,10H2,1-2H3,(H,21,24). The fourth-order valence-electron chi connectivity index (χ4n) is 2.43. The molecule has 156 valence electrons. The maximum absolute atomic E-state index is 12.6. The zero-order chi connectivity index (χ0) is 22.0. The van der Waals surface area contributed by atoms with Crippen LogP contribution in [0.15, 0.2) is 42.5 Å². The molecular weight excluding hydrogens is 415 g/mol. The molecule has 0 bridgehead atoms. The van der Waals surface area contributed by atoms with Gasteiger partial charge in [-0.1, -0.05) is 6.07 Å². The van der Waals surface area contributed by atoms with Crippen molar-refractivity contribution in [1.29, 1.82) is 0 Å². The Labute approximate surface area is 164 Å². The lowest BCUT2D eigenvalue weighted by Crippen LogP contribution is -2.37. The molecule has 0 atom stereocenters. The first-order valence-corrected chi connectivity index (χ1v) is 9.84. The van der Waals surface area contributed by atoms with Crippen LogP contribution in [0.3, 0.4) is 0 Å². The van der Waals surface area contributed by atoms with Crippen LogP contribution in [0.1, 0.15) is 11.1 Å². The van der Waals surface area contributed by atoms with E-state index in [0.29, 0.717) is 9.87 Å². The van der Waals surface area contributed by atoms with Gasteiger partial charge >= 0.3 is 6.18 Å². The Morgan fingerprint density at radius 1 is 1.17 bits per heavy atom. The van der Waals surface area contributed by atoms with Crippen LogP contribution in [-0.2, 0) is 21.0 Å². The first-order chi connectivity index (χ1) is 13.3. The van der Waals surface area contributed by atoms with Crippen LogP contribution in [0.5, 0.6) is 0 Å². The summed E-state index contributed by atoms with van der Waals surface area (Å²) < 4.78 is 62.8. The van der Waals surface area contributed by atoms with Crippen molar-refractivity contribution in [3.63, 3.8) is 0 Å². The quantitative estimate of drug-likeness (QED) is 0.557. The largest absolute Gasteiger partial charge is 0.416 e. The average molecular weight is 431 g/mol. The molecule has 0 saturated carbocycles. The van der Waals surface area contributed by atoms with Crippen LogP contribution in [0, 0.1) is 17.0 Å². The molecule has 0 aliphatic heterocycles. The number of rotatable bonds is 6. The molecule has 2 aromatic rings. The summed E-state index contributed by atoms with van der Waals surface area (Å²) in [6, 6.07) is 7.18. The number of hydrogen-bond acceptors (Lipinski definition) is 5.